The second-order valence-electron chi connectivity index (χ2n) is 18.7. The van der Waals surface area contributed by atoms with Gasteiger partial charge in [-0.2, -0.15) is 15.8 Å². The Balaban J connectivity index is 1.03. The maximum Gasteiger partial charge on any atom is 0.348 e. The number of nitrogens with zero attached hydrogens (tertiary/aromatic N) is 6. The number of hydrogen-bond acceptors (Lipinski definition) is 21. The Bertz CT molecular complexity index is 2670. The number of esters is 6. The van der Waals surface area contributed by atoms with Gasteiger partial charge in [0, 0.05) is 51.2 Å². The third-order valence-corrected chi connectivity index (χ3v) is 12.8. The number of carbonyl (C=O) groups excluding carboxylic acids is 6. The molecule has 0 bridgehead atoms. The SMILES string of the molecule is CN(CCOC(=O)C1CC(C(=O)OCCN(C)c2ccc(/C=C(\C#N)C(=O)OCC3CO3)cc2)CC(C(=O)OCCN(C)c2ccc(/C=C(\C#N)C(=O)OCC3CO3)cc2)C1)c1ccc(/C=C(\C#N)C(=O)OCCCO)cc1. The Morgan fingerprint density at radius 2 is 0.795 bits per heavy atom. The molecule has 3 fully saturated rings. The van der Waals surface area contributed by atoms with Crippen molar-refractivity contribution in [1.29, 1.82) is 15.8 Å². The van der Waals surface area contributed by atoms with E-state index in [2.05, 4.69) is 0 Å². The molecular formula is C57H62N6O15. The summed E-state index contributed by atoms with van der Waals surface area (Å²) in [5.41, 5.74) is 3.57. The van der Waals surface area contributed by atoms with Gasteiger partial charge in [-0.3, -0.25) is 14.4 Å². The van der Waals surface area contributed by atoms with Crippen molar-refractivity contribution < 1.29 is 71.8 Å². The van der Waals surface area contributed by atoms with Crippen LogP contribution in [0.25, 0.3) is 18.2 Å². The molecule has 6 rings (SSSR count). The number of carbonyl (C=O) groups is 6. The molecule has 2 aliphatic heterocycles. The molecule has 4 unspecified atom stereocenters. The van der Waals surface area contributed by atoms with Crippen LogP contribution in [0.3, 0.4) is 0 Å². The first kappa shape index (κ1) is 58.7. The predicted octanol–water partition coefficient (Wildman–Crippen LogP) is 4.59. The van der Waals surface area contributed by atoms with Gasteiger partial charge in [-0.15, -0.1) is 0 Å². The number of benzene rings is 3. The fraction of sp³-hybridized carbons (Fsp3) is 0.421. The number of likely N-dealkylation sites (N-methyl/N-ethyl adjacent to an activating group) is 3. The molecule has 21 nitrogen and oxygen atoms in total. The van der Waals surface area contributed by atoms with E-state index in [4.69, 9.17) is 43.0 Å². The number of aliphatic hydroxyl groups is 1. The van der Waals surface area contributed by atoms with Crippen molar-refractivity contribution in [3.63, 3.8) is 0 Å². The lowest BCUT2D eigenvalue weighted by atomic mass is 9.75. The van der Waals surface area contributed by atoms with E-state index in [-0.39, 0.29) is 120 Å². The lowest BCUT2D eigenvalue weighted by Gasteiger charge is -2.32. The highest BCUT2D eigenvalue weighted by Crippen LogP contribution is 2.36. The van der Waals surface area contributed by atoms with E-state index < -0.39 is 53.6 Å². The maximum absolute atomic E-state index is 13.7. The van der Waals surface area contributed by atoms with Gasteiger partial charge >= 0.3 is 35.8 Å². The van der Waals surface area contributed by atoms with Crippen LogP contribution in [-0.2, 0) is 66.7 Å². The smallest absolute Gasteiger partial charge is 0.348 e. The number of aliphatic hydroxyl groups excluding tert-OH is 1. The molecule has 3 aliphatic rings. The van der Waals surface area contributed by atoms with Gasteiger partial charge in [-0.1, -0.05) is 36.4 Å². The zero-order valence-electron chi connectivity index (χ0n) is 43.7. The molecule has 21 heteroatoms. The minimum Gasteiger partial charge on any atom is -0.464 e. The van der Waals surface area contributed by atoms with Crippen LogP contribution in [0, 0.1) is 51.7 Å². The highest BCUT2D eigenvalue weighted by atomic mass is 16.6. The average Bonchev–Trinajstić information content (AvgIpc) is 4.41. The minimum absolute atomic E-state index is 0.0141. The van der Waals surface area contributed by atoms with Crippen molar-refractivity contribution in [3.8, 4) is 18.2 Å². The van der Waals surface area contributed by atoms with Gasteiger partial charge in [0.1, 0.15) is 80.2 Å². The van der Waals surface area contributed by atoms with Crippen molar-refractivity contribution >= 4 is 71.1 Å². The van der Waals surface area contributed by atoms with Gasteiger partial charge < -0.3 is 57.7 Å². The Hall–Kier alpha value is -8.55. The summed E-state index contributed by atoms with van der Waals surface area (Å²) >= 11 is 0. The van der Waals surface area contributed by atoms with Crippen LogP contribution >= 0.6 is 0 Å². The van der Waals surface area contributed by atoms with Gasteiger partial charge in [-0.05, 0) is 90.6 Å². The molecule has 1 aliphatic carbocycles. The quantitative estimate of drug-likeness (QED) is 0.0260. The molecule has 0 aromatic heterocycles. The van der Waals surface area contributed by atoms with Crippen LogP contribution < -0.4 is 14.7 Å². The molecule has 2 heterocycles. The molecule has 4 atom stereocenters. The molecule has 3 aromatic rings. The lowest BCUT2D eigenvalue weighted by Crippen LogP contribution is -2.38. The summed E-state index contributed by atoms with van der Waals surface area (Å²) in [7, 11) is 5.40. The summed E-state index contributed by atoms with van der Waals surface area (Å²) in [6, 6.07) is 26.6. The van der Waals surface area contributed by atoms with E-state index in [0.29, 0.717) is 29.9 Å². The number of nitriles is 3. The molecule has 410 valence electrons. The number of rotatable bonds is 28. The van der Waals surface area contributed by atoms with E-state index in [9.17, 15) is 44.6 Å². The van der Waals surface area contributed by atoms with Crippen LogP contribution in [0.2, 0.25) is 0 Å². The van der Waals surface area contributed by atoms with Crippen LogP contribution in [0.1, 0.15) is 42.4 Å². The number of hydrogen-bond donors (Lipinski definition) is 1. The second-order valence-corrected chi connectivity index (χ2v) is 18.7. The first-order chi connectivity index (χ1) is 37.7. The largest absolute Gasteiger partial charge is 0.464 e. The Morgan fingerprint density at radius 1 is 0.500 bits per heavy atom. The first-order valence-corrected chi connectivity index (χ1v) is 25.3. The Labute approximate surface area is 452 Å². The van der Waals surface area contributed by atoms with E-state index in [1.807, 2.05) is 32.9 Å². The summed E-state index contributed by atoms with van der Waals surface area (Å²) in [6.07, 6.45) is 4.51. The van der Waals surface area contributed by atoms with Crippen molar-refractivity contribution in [2.75, 3.05) is 115 Å². The summed E-state index contributed by atoms with van der Waals surface area (Å²) in [5.74, 6) is -6.48. The first-order valence-electron chi connectivity index (χ1n) is 25.3. The molecule has 78 heavy (non-hydrogen) atoms. The van der Waals surface area contributed by atoms with Crippen molar-refractivity contribution in [1.82, 2.24) is 0 Å². The zero-order chi connectivity index (χ0) is 56.0. The third kappa shape index (κ3) is 18.6. The van der Waals surface area contributed by atoms with Gasteiger partial charge in [0.2, 0.25) is 0 Å². The maximum atomic E-state index is 13.7. The Morgan fingerprint density at radius 3 is 1.06 bits per heavy atom. The Kier molecular flexibility index (Phi) is 22.3. The van der Waals surface area contributed by atoms with E-state index in [1.54, 1.807) is 93.9 Å². The van der Waals surface area contributed by atoms with E-state index in [1.165, 1.54) is 18.2 Å². The second kappa shape index (κ2) is 29.7. The fourth-order valence-corrected chi connectivity index (χ4v) is 8.00. The number of epoxide rings is 2. The number of anilines is 3. The van der Waals surface area contributed by atoms with Crippen LogP contribution in [0.4, 0.5) is 17.1 Å². The summed E-state index contributed by atoms with van der Waals surface area (Å²) in [5, 5.41) is 37.4. The van der Waals surface area contributed by atoms with Gasteiger partial charge in [-0.25, -0.2) is 14.4 Å². The number of ether oxygens (including phenoxy) is 8. The van der Waals surface area contributed by atoms with Crippen LogP contribution in [0.5, 0.6) is 0 Å². The standard InChI is InChI=1S/C57H62N6O15/c1-61(47-11-5-38(6-12-47)25-44(31-58)55(68)71-21-4-20-64)17-22-72-52(65)41-28-42(53(66)73-23-18-62(2)48-13-7-39(8-14-48)26-45(32-59)56(69)77-36-50-34-75-50)30-43(29-41)54(67)74-24-19-63(3)49-15-9-40(10-16-49)27-46(33-60)57(70)78-37-51-35-76-51/h5-16,25-27,41-43,50-51,64H,4,17-24,28-30,34-37H2,1-3H3/b44-25+,45-26+,46-27+. The average molecular weight is 1070 g/mol. The van der Waals surface area contributed by atoms with Crippen LogP contribution in [0.15, 0.2) is 89.5 Å². The molecular weight excluding hydrogens is 1010 g/mol. The summed E-state index contributed by atoms with van der Waals surface area (Å²) in [6.45, 7) is 1.84. The highest BCUT2D eigenvalue weighted by molar-refractivity contribution is 5.99. The molecule has 1 N–H and O–H groups in total. The predicted molar refractivity (Wildman–Crippen MR) is 281 cm³/mol. The van der Waals surface area contributed by atoms with Crippen molar-refractivity contribution in [2.24, 2.45) is 17.8 Å². The summed E-state index contributed by atoms with van der Waals surface area (Å²) < 4.78 is 42.6. The summed E-state index contributed by atoms with van der Waals surface area (Å²) in [4.78, 5) is 83.7. The van der Waals surface area contributed by atoms with Gasteiger partial charge in [0.25, 0.3) is 0 Å². The van der Waals surface area contributed by atoms with Gasteiger partial charge in [0.05, 0.1) is 57.2 Å². The molecule has 3 aromatic carbocycles. The minimum atomic E-state index is -0.827. The van der Waals surface area contributed by atoms with E-state index >= 15 is 0 Å². The van der Waals surface area contributed by atoms with Crippen molar-refractivity contribution in [2.45, 2.75) is 37.9 Å². The molecule has 0 amide bonds. The fourth-order valence-electron chi connectivity index (χ4n) is 8.00. The molecule has 1 saturated carbocycles. The van der Waals surface area contributed by atoms with Crippen LogP contribution in [-0.4, -0.2) is 153 Å². The third-order valence-electron chi connectivity index (χ3n) is 12.8. The molecule has 2 saturated heterocycles. The molecule has 0 radical (unpaired) electrons. The molecule has 0 spiro atoms. The lowest BCUT2D eigenvalue weighted by molar-refractivity contribution is -0.160. The zero-order valence-corrected chi connectivity index (χ0v) is 43.7. The monoisotopic (exact) mass is 1070 g/mol. The highest BCUT2D eigenvalue weighted by Gasteiger charge is 2.41. The van der Waals surface area contributed by atoms with E-state index in [0.717, 1.165) is 17.1 Å². The topological polar surface area (TPSA) is 284 Å². The van der Waals surface area contributed by atoms with Crippen molar-refractivity contribution in [3.05, 3.63) is 106 Å². The van der Waals surface area contributed by atoms with Gasteiger partial charge in [0.15, 0.2) is 0 Å². The normalized spacial score (nSPS) is 18.6.